The summed E-state index contributed by atoms with van der Waals surface area (Å²) in [6.45, 7) is 3.36. The number of nitrogens with one attached hydrogen (secondary N) is 1. The summed E-state index contributed by atoms with van der Waals surface area (Å²) >= 11 is 0. The van der Waals surface area contributed by atoms with Gasteiger partial charge in [-0.15, -0.1) is 0 Å². The van der Waals surface area contributed by atoms with Crippen molar-refractivity contribution in [1.82, 2.24) is 5.43 Å². The van der Waals surface area contributed by atoms with Gasteiger partial charge in [-0.05, 0) is 41.8 Å². The molecule has 0 bridgehead atoms. The first-order valence-corrected chi connectivity index (χ1v) is 8.28. The molecule has 0 spiro atoms. The van der Waals surface area contributed by atoms with E-state index in [0.717, 1.165) is 16.3 Å². The number of hydrazone groups is 1. The number of fused-ring (bicyclic) bond motifs is 1. The molecule has 3 rings (SSSR count). The number of phenolic OH excluding ortho intramolecular Hbond substituents is 2. The van der Waals surface area contributed by atoms with Crippen LogP contribution >= 0.6 is 0 Å². The van der Waals surface area contributed by atoms with Crippen LogP contribution in [0.25, 0.3) is 10.8 Å². The van der Waals surface area contributed by atoms with Crippen molar-refractivity contribution in [2.24, 2.45) is 5.10 Å². The zero-order valence-electron chi connectivity index (χ0n) is 14.7. The second-order valence-corrected chi connectivity index (χ2v) is 6.21. The SMILES string of the molecule is Cc1cc(O)c(C)c(O)c1/C=N/NC(=O)Cc1cccc2ccccc12. The Morgan fingerprint density at radius 1 is 1.12 bits per heavy atom. The quantitative estimate of drug-likeness (QED) is 0.498. The van der Waals surface area contributed by atoms with Crippen LogP contribution in [0.3, 0.4) is 0 Å². The third kappa shape index (κ3) is 3.52. The molecule has 0 saturated heterocycles. The predicted octanol–water partition coefficient (Wildman–Crippen LogP) is 3.56. The number of nitrogens with zero attached hydrogens (tertiary/aromatic N) is 1. The van der Waals surface area contributed by atoms with Crippen LogP contribution in [0.5, 0.6) is 11.5 Å². The zero-order valence-corrected chi connectivity index (χ0v) is 14.7. The monoisotopic (exact) mass is 348 g/mol. The fourth-order valence-corrected chi connectivity index (χ4v) is 2.89. The van der Waals surface area contributed by atoms with E-state index in [9.17, 15) is 15.0 Å². The van der Waals surface area contributed by atoms with Crippen LogP contribution in [0.2, 0.25) is 0 Å². The smallest absolute Gasteiger partial charge is 0.244 e. The molecule has 132 valence electrons. The Morgan fingerprint density at radius 2 is 1.85 bits per heavy atom. The van der Waals surface area contributed by atoms with E-state index in [4.69, 9.17) is 0 Å². The number of benzene rings is 3. The number of phenols is 2. The molecule has 0 aliphatic carbocycles. The van der Waals surface area contributed by atoms with Gasteiger partial charge >= 0.3 is 0 Å². The molecule has 1 amide bonds. The summed E-state index contributed by atoms with van der Waals surface area (Å²) in [5, 5.41) is 25.9. The third-order valence-electron chi connectivity index (χ3n) is 4.39. The average molecular weight is 348 g/mol. The lowest BCUT2D eigenvalue weighted by Gasteiger charge is -2.09. The molecule has 0 radical (unpaired) electrons. The van der Waals surface area contributed by atoms with E-state index in [1.807, 2.05) is 42.5 Å². The van der Waals surface area contributed by atoms with E-state index >= 15 is 0 Å². The standard InChI is InChI=1S/C21H20N2O3/c1-13-10-19(24)14(2)21(26)18(13)12-22-23-20(25)11-16-8-5-7-15-6-3-4-9-17(15)16/h3-10,12,24,26H,11H2,1-2H3,(H,23,25)/b22-12+. The molecule has 0 aromatic heterocycles. The minimum absolute atomic E-state index is 0.0251. The lowest BCUT2D eigenvalue weighted by atomic mass is 10.0. The van der Waals surface area contributed by atoms with Crippen molar-refractivity contribution < 1.29 is 15.0 Å². The van der Waals surface area contributed by atoms with Gasteiger partial charge in [-0.25, -0.2) is 5.43 Å². The third-order valence-corrected chi connectivity index (χ3v) is 4.39. The molecule has 3 N–H and O–H groups in total. The normalized spacial score (nSPS) is 11.2. The molecule has 5 nitrogen and oxygen atoms in total. The molecule has 0 atom stereocenters. The van der Waals surface area contributed by atoms with Gasteiger partial charge in [0.05, 0.1) is 12.6 Å². The molecule has 0 aliphatic heterocycles. The van der Waals surface area contributed by atoms with Crippen LogP contribution in [0.4, 0.5) is 0 Å². The first kappa shape index (κ1) is 17.5. The molecular formula is C21H20N2O3. The summed E-state index contributed by atoms with van der Waals surface area (Å²) in [7, 11) is 0. The van der Waals surface area contributed by atoms with Gasteiger partial charge in [0, 0.05) is 11.1 Å². The van der Waals surface area contributed by atoms with E-state index < -0.39 is 0 Å². The summed E-state index contributed by atoms with van der Waals surface area (Å²) in [5.41, 5.74) is 4.92. The number of aryl methyl sites for hydroxylation is 1. The Bertz CT molecular complexity index is 1000. The molecule has 0 aliphatic rings. The molecule has 0 saturated carbocycles. The Labute approximate surface area is 151 Å². The van der Waals surface area contributed by atoms with Crippen molar-refractivity contribution >= 4 is 22.9 Å². The fourth-order valence-electron chi connectivity index (χ4n) is 2.89. The van der Waals surface area contributed by atoms with Crippen molar-refractivity contribution in [2.45, 2.75) is 20.3 Å². The summed E-state index contributed by atoms with van der Waals surface area (Å²) in [6, 6.07) is 15.3. The highest BCUT2D eigenvalue weighted by Crippen LogP contribution is 2.31. The van der Waals surface area contributed by atoms with Crippen molar-refractivity contribution in [3.63, 3.8) is 0 Å². The van der Waals surface area contributed by atoms with Crippen molar-refractivity contribution in [3.05, 3.63) is 70.8 Å². The van der Waals surface area contributed by atoms with Crippen LogP contribution in [-0.2, 0) is 11.2 Å². The van der Waals surface area contributed by atoms with Crippen molar-refractivity contribution in [3.8, 4) is 11.5 Å². The molecule has 0 fully saturated rings. The van der Waals surface area contributed by atoms with Crippen LogP contribution in [0.15, 0.2) is 53.6 Å². The van der Waals surface area contributed by atoms with Gasteiger partial charge in [-0.2, -0.15) is 5.10 Å². The number of amides is 1. The summed E-state index contributed by atoms with van der Waals surface area (Å²) in [6.07, 6.45) is 1.59. The minimum Gasteiger partial charge on any atom is -0.508 e. The molecule has 5 heteroatoms. The highest BCUT2D eigenvalue weighted by molar-refractivity contribution is 5.91. The Balaban J connectivity index is 1.73. The van der Waals surface area contributed by atoms with Crippen LogP contribution < -0.4 is 5.43 Å². The van der Waals surface area contributed by atoms with Crippen LogP contribution in [0, 0.1) is 13.8 Å². The molecule has 26 heavy (non-hydrogen) atoms. The average Bonchev–Trinajstić information content (AvgIpc) is 2.63. The maximum atomic E-state index is 12.2. The van der Waals surface area contributed by atoms with Crippen LogP contribution in [-0.4, -0.2) is 22.3 Å². The van der Waals surface area contributed by atoms with E-state index in [1.165, 1.54) is 6.21 Å². The van der Waals surface area contributed by atoms with E-state index in [1.54, 1.807) is 19.9 Å². The number of carbonyl (C=O) groups is 1. The number of rotatable bonds is 4. The number of hydrogen-bond acceptors (Lipinski definition) is 4. The fraction of sp³-hybridized carbons (Fsp3) is 0.143. The van der Waals surface area contributed by atoms with Gasteiger partial charge in [0.15, 0.2) is 0 Å². The first-order chi connectivity index (χ1) is 12.5. The molecule has 3 aromatic carbocycles. The maximum Gasteiger partial charge on any atom is 0.244 e. The molecule has 0 heterocycles. The van der Waals surface area contributed by atoms with Gasteiger partial charge < -0.3 is 10.2 Å². The van der Waals surface area contributed by atoms with Crippen LogP contribution in [0.1, 0.15) is 22.3 Å². The lowest BCUT2D eigenvalue weighted by molar-refractivity contribution is -0.120. The Hall–Kier alpha value is -3.34. The molecule has 0 unspecified atom stereocenters. The summed E-state index contributed by atoms with van der Waals surface area (Å²) < 4.78 is 0. The van der Waals surface area contributed by atoms with Gasteiger partial charge in [-0.3, -0.25) is 4.79 Å². The Kier molecular flexibility index (Phi) is 4.89. The second-order valence-electron chi connectivity index (χ2n) is 6.21. The van der Waals surface area contributed by atoms with Crippen molar-refractivity contribution in [1.29, 1.82) is 0 Å². The second kappa shape index (κ2) is 7.27. The largest absolute Gasteiger partial charge is 0.508 e. The minimum atomic E-state index is -0.245. The highest BCUT2D eigenvalue weighted by atomic mass is 16.3. The molecular weight excluding hydrogens is 328 g/mol. The van der Waals surface area contributed by atoms with E-state index in [0.29, 0.717) is 16.7 Å². The van der Waals surface area contributed by atoms with E-state index in [-0.39, 0.29) is 23.8 Å². The number of carbonyl (C=O) groups excluding carboxylic acids is 1. The van der Waals surface area contributed by atoms with Gasteiger partial charge in [0.2, 0.25) is 5.91 Å². The highest BCUT2D eigenvalue weighted by Gasteiger charge is 2.11. The lowest BCUT2D eigenvalue weighted by Crippen LogP contribution is -2.20. The summed E-state index contributed by atoms with van der Waals surface area (Å²) in [5.74, 6) is -0.267. The molecule has 3 aromatic rings. The number of aromatic hydroxyl groups is 2. The first-order valence-electron chi connectivity index (χ1n) is 8.28. The van der Waals surface area contributed by atoms with Gasteiger partial charge in [-0.1, -0.05) is 42.5 Å². The zero-order chi connectivity index (χ0) is 18.7. The number of hydrogen-bond donors (Lipinski definition) is 3. The Morgan fingerprint density at radius 3 is 2.65 bits per heavy atom. The van der Waals surface area contributed by atoms with Gasteiger partial charge in [0.25, 0.3) is 0 Å². The van der Waals surface area contributed by atoms with Crippen molar-refractivity contribution in [2.75, 3.05) is 0 Å². The predicted molar refractivity (Wildman–Crippen MR) is 103 cm³/mol. The maximum absolute atomic E-state index is 12.2. The summed E-state index contributed by atoms with van der Waals surface area (Å²) in [4.78, 5) is 12.2. The van der Waals surface area contributed by atoms with E-state index in [2.05, 4.69) is 10.5 Å². The van der Waals surface area contributed by atoms with Gasteiger partial charge in [0.1, 0.15) is 11.5 Å². The topological polar surface area (TPSA) is 81.9 Å².